The van der Waals surface area contributed by atoms with Crippen molar-refractivity contribution in [3.63, 3.8) is 0 Å². The highest BCUT2D eigenvalue weighted by Gasteiger charge is 2.61. The van der Waals surface area contributed by atoms with Gasteiger partial charge in [0.2, 0.25) is 17.7 Å². The number of hydrazine groups is 1. The molecular weight excluding hydrogens is 751 g/mol. The number of amides is 6. The first-order valence-corrected chi connectivity index (χ1v) is 19.7. The van der Waals surface area contributed by atoms with Crippen LogP contribution in [-0.4, -0.2) is 86.1 Å². The summed E-state index contributed by atoms with van der Waals surface area (Å²) in [5.41, 5.74) is 4.21. The van der Waals surface area contributed by atoms with Gasteiger partial charge in [-0.05, 0) is 66.8 Å². The molecule has 3 aliphatic rings. The first kappa shape index (κ1) is 39.1. The van der Waals surface area contributed by atoms with Crippen LogP contribution in [0.2, 0.25) is 0 Å². The fourth-order valence-electron chi connectivity index (χ4n) is 6.91. The van der Waals surface area contributed by atoms with E-state index in [1.165, 1.54) is 16.2 Å². The number of carbonyl (C=O) groups is 5. The zero-order chi connectivity index (χ0) is 40.3. The molecule has 0 unspecified atom stereocenters. The number of anilines is 1. The Bertz CT molecular complexity index is 2160. The van der Waals surface area contributed by atoms with E-state index in [1.807, 2.05) is 38.3 Å². The molecule has 1 saturated heterocycles. The molecule has 1 aromatic carbocycles. The number of alkyl carbamates (subject to hydrolysis) is 1. The van der Waals surface area contributed by atoms with Crippen LogP contribution in [0.5, 0.6) is 5.88 Å². The van der Waals surface area contributed by atoms with Crippen LogP contribution in [0.3, 0.4) is 0 Å². The third-order valence-electron chi connectivity index (χ3n) is 10.4. The molecule has 7 rings (SSSR count). The van der Waals surface area contributed by atoms with Crippen LogP contribution in [0.4, 0.5) is 15.3 Å². The molecule has 0 bridgehead atoms. The Morgan fingerprint density at radius 1 is 1.00 bits per heavy atom. The maximum absolute atomic E-state index is 14.6. The molecule has 57 heavy (non-hydrogen) atoms. The van der Waals surface area contributed by atoms with E-state index in [9.17, 15) is 24.0 Å². The number of carbonyl (C=O) groups excluding carboxylic acids is 5. The molecule has 6 amide bonds. The Hall–Kier alpha value is -6.10. The number of benzene rings is 1. The molecule has 1 aliphatic heterocycles. The van der Waals surface area contributed by atoms with Crippen molar-refractivity contribution in [2.75, 3.05) is 11.9 Å². The summed E-state index contributed by atoms with van der Waals surface area (Å²) in [5, 5.41) is 10.1. The van der Waals surface area contributed by atoms with Crippen LogP contribution in [0, 0.1) is 11.3 Å². The summed E-state index contributed by atoms with van der Waals surface area (Å²) in [6.45, 7) is 9.23. The van der Waals surface area contributed by atoms with Crippen LogP contribution >= 0.6 is 11.3 Å². The summed E-state index contributed by atoms with van der Waals surface area (Å²) in [6.07, 6.45) is 4.26. The maximum Gasteiger partial charge on any atom is 0.408 e. The fourth-order valence-corrected chi connectivity index (χ4v) is 7.67. The number of thiophene rings is 1. The molecule has 17 heteroatoms. The number of nitrogens with one attached hydrogen (secondary N) is 5. The lowest BCUT2D eigenvalue weighted by Crippen LogP contribution is -2.61. The lowest BCUT2D eigenvalue weighted by molar-refractivity contribution is -0.143. The molecule has 5 atom stereocenters. The van der Waals surface area contributed by atoms with E-state index < -0.39 is 64.9 Å². The molecule has 4 aromatic rings. The highest BCUT2D eigenvalue weighted by atomic mass is 32.1. The van der Waals surface area contributed by atoms with Crippen LogP contribution in [0.15, 0.2) is 78.8 Å². The molecule has 0 spiro atoms. The van der Waals surface area contributed by atoms with Gasteiger partial charge in [0, 0.05) is 24.2 Å². The minimum absolute atomic E-state index is 0.0327. The Balaban J connectivity index is 1.13. The summed E-state index contributed by atoms with van der Waals surface area (Å²) in [6, 6.07) is 13.0. The van der Waals surface area contributed by atoms with Gasteiger partial charge < -0.3 is 30.3 Å². The number of hydrogen-bond acceptors (Lipinski definition) is 11. The average Bonchev–Trinajstić information content (AvgIpc) is 3.45. The second kappa shape index (κ2) is 16.2. The van der Waals surface area contributed by atoms with Gasteiger partial charge in [-0.1, -0.05) is 51.1 Å². The van der Waals surface area contributed by atoms with E-state index in [2.05, 4.69) is 43.3 Å². The number of nitrogens with zero attached hydrogens (tertiary/aromatic N) is 4. The number of rotatable bonds is 11. The summed E-state index contributed by atoms with van der Waals surface area (Å²) in [4.78, 5) is 83.4. The average molecular weight is 796 g/mol. The smallest absolute Gasteiger partial charge is 0.408 e. The van der Waals surface area contributed by atoms with Gasteiger partial charge in [0.15, 0.2) is 5.82 Å². The van der Waals surface area contributed by atoms with Gasteiger partial charge in [0.25, 0.3) is 5.91 Å². The fraction of sp³-hybridized carbons (Fsp3) is 0.400. The van der Waals surface area contributed by atoms with Gasteiger partial charge in [0.05, 0.1) is 12.1 Å². The molecule has 4 heterocycles. The molecule has 298 valence electrons. The number of hydrogen-bond donors (Lipinski definition) is 5. The molecule has 5 N–H and O–H groups in total. The highest BCUT2D eigenvalue weighted by molar-refractivity contribution is 7.17. The van der Waals surface area contributed by atoms with Gasteiger partial charge in [-0.15, -0.1) is 17.9 Å². The minimum Gasteiger partial charge on any atom is -0.471 e. The van der Waals surface area contributed by atoms with Crippen molar-refractivity contribution in [3.05, 3.63) is 78.8 Å². The summed E-state index contributed by atoms with van der Waals surface area (Å²) >= 11 is 1.39. The lowest BCUT2D eigenvalue weighted by atomic mass is 9.85. The Kier molecular flexibility index (Phi) is 11.1. The molecule has 2 saturated carbocycles. The second-order valence-corrected chi connectivity index (χ2v) is 16.4. The number of para-hydroxylation sites is 1. The number of pyridine rings is 1. The normalized spacial score (nSPS) is 22.0. The molecular formula is C40H45N9O7S. The predicted octanol–water partition coefficient (Wildman–Crippen LogP) is 4.71. The minimum atomic E-state index is -1.45. The van der Waals surface area contributed by atoms with Gasteiger partial charge in [0.1, 0.15) is 40.2 Å². The van der Waals surface area contributed by atoms with Crippen molar-refractivity contribution in [3.8, 4) is 17.4 Å². The van der Waals surface area contributed by atoms with E-state index in [-0.39, 0.29) is 31.4 Å². The number of fused-ring (bicyclic) bond motifs is 1. The molecule has 2 aliphatic carbocycles. The van der Waals surface area contributed by atoms with E-state index in [1.54, 1.807) is 54.7 Å². The first-order chi connectivity index (χ1) is 27.3. The number of ether oxygens (including phenoxy) is 2. The third-order valence-corrected chi connectivity index (χ3v) is 11.3. The standard InChI is InChI=1S/C40H45N9O7S/c1-5-23-21-40(23,36(52)47-48-37(53)42-24-12-7-6-8-13-24)46-33(50)29-20-26(22-49(29)35(51)31(39(2,3)4)44-38(54)56-25-14-11-15-25)55-34-30-27(17-19-57-30)43-32(45-34)28-16-9-10-18-41-28/h5-10,12-13,16-19,23,25-26,29,31H,1,11,14-15,20-22H2,2-4H3,(H,44,54)(H,46,50)(H,47,52)(H2,42,48,53)/t23-,26-,29+,31-,40+/m1/s1. The topological polar surface area (TPSA) is 206 Å². The molecule has 0 radical (unpaired) electrons. The Morgan fingerprint density at radius 3 is 2.44 bits per heavy atom. The van der Waals surface area contributed by atoms with Gasteiger partial charge in [-0.25, -0.2) is 20.0 Å². The number of aromatic nitrogens is 3. The number of likely N-dealkylation sites (tertiary alicyclic amines) is 1. The van der Waals surface area contributed by atoms with Crippen molar-refractivity contribution in [1.82, 2.24) is 41.3 Å². The molecule has 3 aromatic heterocycles. The van der Waals surface area contributed by atoms with Crippen molar-refractivity contribution in [1.29, 1.82) is 0 Å². The molecule has 3 fully saturated rings. The highest BCUT2D eigenvalue weighted by Crippen LogP contribution is 2.45. The zero-order valence-corrected chi connectivity index (χ0v) is 32.6. The lowest BCUT2D eigenvalue weighted by Gasteiger charge is -2.36. The predicted molar refractivity (Wildman–Crippen MR) is 212 cm³/mol. The monoisotopic (exact) mass is 795 g/mol. The van der Waals surface area contributed by atoms with E-state index >= 15 is 0 Å². The van der Waals surface area contributed by atoms with E-state index in [4.69, 9.17) is 14.5 Å². The van der Waals surface area contributed by atoms with E-state index in [0.29, 0.717) is 27.4 Å². The van der Waals surface area contributed by atoms with Crippen molar-refractivity contribution in [2.45, 2.75) is 82.7 Å². The van der Waals surface area contributed by atoms with Crippen LogP contribution in [0.1, 0.15) is 52.9 Å². The zero-order valence-electron chi connectivity index (χ0n) is 31.8. The number of urea groups is 1. The SMILES string of the molecule is C=C[C@@H]1C[C@@]1(NC(=O)[C@@H]1C[C@@H](Oc2nc(-c3ccccn3)nc3ccsc23)CN1C(=O)[C@@H](NC(=O)OC1CCC1)C(C)(C)C)C(=O)NNC(=O)Nc1ccccc1. The largest absolute Gasteiger partial charge is 0.471 e. The maximum atomic E-state index is 14.6. The van der Waals surface area contributed by atoms with Gasteiger partial charge in [-0.2, -0.15) is 4.98 Å². The van der Waals surface area contributed by atoms with Crippen LogP contribution < -0.4 is 31.5 Å². The van der Waals surface area contributed by atoms with Crippen molar-refractivity contribution in [2.24, 2.45) is 11.3 Å². The third kappa shape index (κ3) is 8.67. The first-order valence-electron chi connectivity index (χ1n) is 18.8. The summed E-state index contributed by atoms with van der Waals surface area (Å²) in [7, 11) is 0. The van der Waals surface area contributed by atoms with Crippen LogP contribution in [0.25, 0.3) is 21.7 Å². The van der Waals surface area contributed by atoms with E-state index in [0.717, 1.165) is 19.3 Å². The van der Waals surface area contributed by atoms with Crippen molar-refractivity contribution >= 4 is 57.1 Å². The quantitative estimate of drug-likeness (QED) is 0.104. The second-order valence-electron chi connectivity index (χ2n) is 15.5. The summed E-state index contributed by atoms with van der Waals surface area (Å²) in [5.74, 6) is -1.64. The Labute approximate surface area is 333 Å². The van der Waals surface area contributed by atoms with Gasteiger partial charge in [-0.3, -0.25) is 24.8 Å². The van der Waals surface area contributed by atoms with Gasteiger partial charge >= 0.3 is 12.1 Å². The van der Waals surface area contributed by atoms with Crippen LogP contribution in [-0.2, 0) is 19.1 Å². The summed E-state index contributed by atoms with van der Waals surface area (Å²) < 4.78 is 12.8. The molecule has 16 nitrogen and oxygen atoms in total. The Morgan fingerprint density at radius 2 is 1.77 bits per heavy atom. The van der Waals surface area contributed by atoms with Crippen molar-refractivity contribution < 1.29 is 33.4 Å².